The number of halogens is 2. The lowest BCUT2D eigenvalue weighted by Gasteiger charge is -2.11. The molecular formula is C14H17BrClN3O. The van der Waals surface area contributed by atoms with Crippen LogP contribution < -0.4 is 10.5 Å². The summed E-state index contributed by atoms with van der Waals surface area (Å²) in [7, 11) is 0. The number of hydrogen-bond acceptors (Lipinski definition) is 3. The Kier molecular flexibility index (Phi) is 4.94. The van der Waals surface area contributed by atoms with Crippen molar-refractivity contribution in [1.29, 1.82) is 0 Å². The molecule has 0 amide bonds. The summed E-state index contributed by atoms with van der Waals surface area (Å²) in [5.74, 6) is 0.590. The first kappa shape index (κ1) is 15.2. The Morgan fingerprint density at radius 3 is 2.90 bits per heavy atom. The van der Waals surface area contributed by atoms with Gasteiger partial charge in [0.15, 0.2) is 5.75 Å². The lowest BCUT2D eigenvalue weighted by Crippen LogP contribution is -2.06. The number of ether oxygens (including phenoxy) is 1. The summed E-state index contributed by atoms with van der Waals surface area (Å²) in [4.78, 5) is 0. The number of hydrogen-bond donors (Lipinski definition) is 1. The van der Waals surface area contributed by atoms with Gasteiger partial charge in [-0.15, -0.1) is 0 Å². The summed E-state index contributed by atoms with van der Waals surface area (Å²) >= 11 is 9.31. The smallest absolute Gasteiger partial charge is 0.157 e. The van der Waals surface area contributed by atoms with Gasteiger partial charge in [-0.25, -0.2) is 0 Å². The number of nitrogen functional groups attached to an aromatic ring is 1. The third kappa shape index (κ3) is 3.46. The van der Waals surface area contributed by atoms with E-state index in [0.717, 1.165) is 16.6 Å². The van der Waals surface area contributed by atoms with Crippen molar-refractivity contribution in [2.24, 2.45) is 0 Å². The summed E-state index contributed by atoms with van der Waals surface area (Å²) in [5.41, 5.74) is 7.27. The average molecular weight is 359 g/mol. The molecule has 1 aromatic carbocycles. The van der Waals surface area contributed by atoms with Crippen molar-refractivity contribution in [2.45, 2.75) is 32.9 Å². The van der Waals surface area contributed by atoms with Crippen LogP contribution in [-0.4, -0.2) is 9.78 Å². The van der Waals surface area contributed by atoms with Crippen LogP contribution in [0.4, 0.5) is 5.69 Å². The summed E-state index contributed by atoms with van der Waals surface area (Å²) in [6.45, 7) is 4.63. The number of rotatable bonds is 5. The highest BCUT2D eigenvalue weighted by Crippen LogP contribution is 2.35. The zero-order valence-electron chi connectivity index (χ0n) is 11.4. The third-order valence-corrected chi connectivity index (χ3v) is 3.91. The molecule has 20 heavy (non-hydrogen) atoms. The second-order valence-electron chi connectivity index (χ2n) is 4.64. The Bertz CT molecular complexity index is 577. The summed E-state index contributed by atoms with van der Waals surface area (Å²) in [5, 5.41) is 5.05. The van der Waals surface area contributed by atoms with E-state index >= 15 is 0 Å². The van der Waals surface area contributed by atoms with Gasteiger partial charge in [0.1, 0.15) is 6.61 Å². The van der Waals surface area contributed by atoms with Crippen LogP contribution in [-0.2, 0) is 6.61 Å². The summed E-state index contributed by atoms with van der Waals surface area (Å²) < 4.78 is 8.41. The van der Waals surface area contributed by atoms with E-state index in [-0.39, 0.29) is 0 Å². The van der Waals surface area contributed by atoms with Crippen LogP contribution in [0.1, 0.15) is 32.0 Å². The number of aromatic nitrogens is 2. The maximum absolute atomic E-state index is 5.91. The van der Waals surface area contributed by atoms with E-state index in [0.29, 0.717) is 29.1 Å². The molecule has 0 aliphatic rings. The van der Waals surface area contributed by atoms with Crippen molar-refractivity contribution >= 4 is 33.2 Å². The van der Waals surface area contributed by atoms with Gasteiger partial charge < -0.3 is 10.5 Å². The second kappa shape index (κ2) is 6.50. The first-order valence-electron chi connectivity index (χ1n) is 6.42. The highest BCUT2D eigenvalue weighted by Gasteiger charge is 2.10. The van der Waals surface area contributed by atoms with Crippen molar-refractivity contribution in [2.75, 3.05) is 5.73 Å². The van der Waals surface area contributed by atoms with E-state index in [4.69, 9.17) is 22.1 Å². The first-order valence-corrected chi connectivity index (χ1v) is 7.59. The molecule has 2 N–H and O–H groups in total. The minimum Gasteiger partial charge on any atom is -0.484 e. The van der Waals surface area contributed by atoms with E-state index in [1.807, 2.05) is 16.9 Å². The Labute approximate surface area is 132 Å². The number of anilines is 1. The summed E-state index contributed by atoms with van der Waals surface area (Å²) in [6.07, 6.45) is 3.00. The molecule has 0 fully saturated rings. The topological polar surface area (TPSA) is 53.1 Å². The normalized spacial score (nSPS) is 12.4. The molecule has 2 rings (SSSR count). The van der Waals surface area contributed by atoms with Crippen molar-refractivity contribution in [3.63, 3.8) is 0 Å². The molecule has 1 aromatic heterocycles. The van der Waals surface area contributed by atoms with Gasteiger partial charge in [-0.2, -0.15) is 5.10 Å². The van der Waals surface area contributed by atoms with Gasteiger partial charge in [-0.05, 0) is 47.5 Å². The molecule has 0 saturated heterocycles. The molecule has 1 atom stereocenters. The van der Waals surface area contributed by atoms with Gasteiger partial charge in [0.2, 0.25) is 0 Å². The first-order chi connectivity index (χ1) is 9.51. The van der Waals surface area contributed by atoms with Gasteiger partial charge in [0.05, 0.1) is 15.9 Å². The van der Waals surface area contributed by atoms with Crippen molar-refractivity contribution in [3.8, 4) is 5.75 Å². The van der Waals surface area contributed by atoms with Crippen LogP contribution in [0.3, 0.4) is 0 Å². The van der Waals surface area contributed by atoms with Crippen LogP contribution in [0.25, 0.3) is 0 Å². The Hall–Kier alpha value is -1.20. The molecule has 1 heterocycles. The molecule has 2 aromatic rings. The molecule has 0 spiro atoms. The zero-order chi connectivity index (χ0) is 14.7. The molecule has 108 valence electrons. The highest BCUT2D eigenvalue weighted by atomic mass is 79.9. The Morgan fingerprint density at radius 1 is 1.50 bits per heavy atom. The van der Waals surface area contributed by atoms with Crippen LogP contribution in [0, 0.1) is 0 Å². The molecule has 6 heteroatoms. The maximum Gasteiger partial charge on any atom is 0.157 e. The minimum atomic E-state index is 0.369. The number of nitrogens with zero attached hydrogens (tertiary/aromatic N) is 2. The van der Waals surface area contributed by atoms with Crippen LogP contribution in [0.15, 0.2) is 28.9 Å². The van der Waals surface area contributed by atoms with E-state index in [1.165, 1.54) is 0 Å². The third-order valence-electron chi connectivity index (χ3n) is 3.11. The molecular weight excluding hydrogens is 342 g/mol. The number of benzene rings is 1. The standard InChI is InChI=1S/C14H17BrClN3O/c1-3-9(2)19-5-4-11(18-19)8-20-14-12(15)6-10(16)7-13(14)17/h4-7,9H,3,8,17H2,1-2H3. The quantitative estimate of drug-likeness (QED) is 0.804. The van der Waals surface area contributed by atoms with Crippen LogP contribution in [0.2, 0.25) is 5.02 Å². The Balaban J connectivity index is 2.07. The fourth-order valence-corrected chi connectivity index (χ4v) is 2.71. The van der Waals surface area contributed by atoms with Crippen LogP contribution in [0.5, 0.6) is 5.75 Å². The minimum absolute atomic E-state index is 0.369. The van der Waals surface area contributed by atoms with E-state index in [1.54, 1.807) is 12.1 Å². The Morgan fingerprint density at radius 2 is 2.25 bits per heavy atom. The van der Waals surface area contributed by atoms with Crippen LogP contribution >= 0.6 is 27.5 Å². The van der Waals surface area contributed by atoms with Crippen molar-refractivity contribution < 1.29 is 4.74 Å². The van der Waals surface area contributed by atoms with Gasteiger partial charge in [0.25, 0.3) is 0 Å². The predicted octanol–water partition coefficient (Wildman–Crippen LogP) is 4.43. The highest BCUT2D eigenvalue weighted by molar-refractivity contribution is 9.10. The number of nitrogens with two attached hydrogens (primary N) is 1. The van der Waals surface area contributed by atoms with E-state index < -0.39 is 0 Å². The van der Waals surface area contributed by atoms with Gasteiger partial charge in [-0.1, -0.05) is 18.5 Å². The average Bonchev–Trinajstić information content (AvgIpc) is 2.85. The molecule has 0 aliphatic heterocycles. The summed E-state index contributed by atoms with van der Waals surface area (Å²) in [6, 6.07) is 5.76. The lowest BCUT2D eigenvalue weighted by molar-refractivity contribution is 0.298. The zero-order valence-corrected chi connectivity index (χ0v) is 13.8. The van der Waals surface area contributed by atoms with Crippen molar-refractivity contribution in [3.05, 3.63) is 39.6 Å². The van der Waals surface area contributed by atoms with Gasteiger partial charge in [0, 0.05) is 17.3 Å². The SMILES string of the molecule is CCC(C)n1ccc(COc2c(N)cc(Cl)cc2Br)n1. The molecule has 4 nitrogen and oxygen atoms in total. The molecule has 0 radical (unpaired) electrons. The van der Waals surface area contributed by atoms with Gasteiger partial charge >= 0.3 is 0 Å². The van der Waals surface area contributed by atoms with Crippen molar-refractivity contribution in [1.82, 2.24) is 9.78 Å². The molecule has 0 bridgehead atoms. The largest absolute Gasteiger partial charge is 0.484 e. The second-order valence-corrected chi connectivity index (χ2v) is 5.93. The maximum atomic E-state index is 5.91. The monoisotopic (exact) mass is 357 g/mol. The van der Waals surface area contributed by atoms with E-state index in [9.17, 15) is 0 Å². The lowest BCUT2D eigenvalue weighted by atomic mass is 10.3. The fraction of sp³-hybridized carbons (Fsp3) is 0.357. The molecule has 0 aliphatic carbocycles. The van der Waals surface area contributed by atoms with Gasteiger partial charge in [-0.3, -0.25) is 4.68 Å². The predicted molar refractivity (Wildman–Crippen MR) is 85.1 cm³/mol. The van der Waals surface area contributed by atoms with E-state index in [2.05, 4.69) is 34.9 Å². The molecule has 0 saturated carbocycles. The fourth-order valence-electron chi connectivity index (χ4n) is 1.77. The molecule has 1 unspecified atom stereocenters.